The molecule has 0 N–H and O–H groups in total. The molecule has 0 aliphatic heterocycles. The van der Waals surface area contributed by atoms with Crippen LogP contribution in [0.1, 0.15) is 19.4 Å². The van der Waals surface area contributed by atoms with Gasteiger partial charge in [0.15, 0.2) is 0 Å². The van der Waals surface area contributed by atoms with Crippen molar-refractivity contribution in [3.8, 4) is 11.5 Å². The predicted octanol–water partition coefficient (Wildman–Crippen LogP) is 6.13. The average molecular weight is 458 g/mol. The molecule has 5 rings (SSSR count). The van der Waals surface area contributed by atoms with Gasteiger partial charge in [-0.05, 0) is 60.5 Å². The molecule has 0 radical (unpaired) electrons. The van der Waals surface area contributed by atoms with Gasteiger partial charge in [-0.2, -0.15) is 0 Å². The number of hydrogen-bond donors (Lipinski definition) is 0. The number of fused-ring (bicyclic) bond motifs is 3. The third-order valence-electron chi connectivity index (χ3n) is 5.71. The maximum absolute atomic E-state index is 12.1. The van der Waals surface area contributed by atoms with Crippen molar-refractivity contribution in [1.29, 1.82) is 0 Å². The zero-order chi connectivity index (χ0) is 22.8. The Labute approximate surface area is 195 Å². The van der Waals surface area contributed by atoms with Crippen LogP contribution >= 0.6 is 11.8 Å². The lowest BCUT2D eigenvalue weighted by molar-refractivity contribution is 0.466. The summed E-state index contributed by atoms with van der Waals surface area (Å²) in [5, 5.41) is 11.9. The highest BCUT2D eigenvalue weighted by Gasteiger charge is 2.14. The summed E-state index contributed by atoms with van der Waals surface area (Å²) in [4.78, 5) is 14.4. The smallest absolute Gasteiger partial charge is 0.336 e. The Kier molecular flexibility index (Phi) is 5.88. The molecule has 0 spiro atoms. The van der Waals surface area contributed by atoms with E-state index in [1.54, 1.807) is 6.07 Å². The molecule has 0 fully saturated rings. The molecule has 7 heteroatoms. The van der Waals surface area contributed by atoms with Crippen molar-refractivity contribution in [2.75, 3.05) is 18.0 Å². The van der Waals surface area contributed by atoms with Crippen LogP contribution in [0, 0.1) is 0 Å². The maximum Gasteiger partial charge on any atom is 0.336 e. The van der Waals surface area contributed by atoms with E-state index in [0.29, 0.717) is 22.4 Å². The van der Waals surface area contributed by atoms with E-state index < -0.39 is 0 Å². The van der Waals surface area contributed by atoms with E-state index in [2.05, 4.69) is 41.1 Å². The average Bonchev–Trinajstić information content (AvgIpc) is 3.32. The van der Waals surface area contributed by atoms with Crippen molar-refractivity contribution in [3.05, 3.63) is 82.7 Å². The second-order valence-electron chi connectivity index (χ2n) is 7.63. The first-order chi connectivity index (χ1) is 16.2. The highest BCUT2D eigenvalue weighted by atomic mass is 32.2. The minimum Gasteiger partial charge on any atom is -0.423 e. The van der Waals surface area contributed by atoms with Crippen LogP contribution in [-0.2, 0) is 5.75 Å². The minimum atomic E-state index is -0.368. The fraction of sp³-hybridized carbons (Fsp3) is 0.192. The molecule has 2 heterocycles. The Morgan fingerprint density at radius 3 is 2.48 bits per heavy atom. The number of thioether (sulfide) groups is 1. The Bertz CT molecular complexity index is 1470. The summed E-state index contributed by atoms with van der Waals surface area (Å²) >= 11 is 1.41. The van der Waals surface area contributed by atoms with Crippen molar-refractivity contribution in [2.45, 2.75) is 24.8 Å². The third kappa shape index (κ3) is 4.24. The van der Waals surface area contributed by atoms with Crippen LogP contribution in [0.3, 0.4) is 0 Å². The van der Waals surface area contributed by atoms with Crippen LogP contribution in [0.5, 0.6) is 0 Å². The molecule has 5 aromatic rings. The van der Waals surface area contributed by atoms with Crippen LogP contribution in [0.15, 0.2) is 85.6 Å². The molecule has 2 aromatic heterocycles. The van der Waals surface area contributed by atoms with Gasteiger partial charge >= 0.3 is 5.63 Å². The fourth-order valence-corrected chi connectivity index (χ4v) is 4.80. The molecule has 166 valence electrons. The van der Waals surface area contributed by atoms with E-state index >= 15 is 0 Å². The number of rotatable bonds is 7. The molecule has 0 amide bonds. The lowest BCUT2D eigenvalue weighted by Crippen LogP contribution is -2.21. The second kappa shape index (κ2) is 9.11. The quantitative estimate of drug-likeness (QED) is 0.165. The van der Waals surface area contributed by atoms with Crippen LogP contribution < -0.4 is 10.5 Å². The summed E-state index contributed by atoms with van der Waals surface area (Å²) in [6.07, 6.45) is 0. The van der Waals surface area contributed by atoms with Crippen molar-refractivity contribution >= 4 is 39.2 Å². The summed E-state index contributed by atoms with van der Waals surface area (Å²) < 4.78 is 11.3. The number of nitrogens with zero attached hydrogens (tertiary/aromatic N) is 3. The van der Waals surface area contributed by atoms with Crippen LogP contribution in [0.4, 0.5) is 5.69 Å². The number of benzene rings is 3. The molecular formula is C26H23N3O3S. The summed E-state index contributed by atoms with van der Waals surface area (Å²) in [7, 11) is 0. The molecule has 0 saturated carbocycles. The normalized spacial score (nSPS) is 11.3. The van der Waals surface area contributed by atoms with E-state index in [1.807, 2.05) is 48.5 Å². The van der Waals surface area contributed by atoms with Gasteiger partial charge in [-0.15, -0.1) is 10.2 Å². The zero-order valence-corrected chi connectivity index (χ0v) is 19.3. The minimum absolute atomic E-state index is 0.368. The van der Waals surface area contributed by atoms with Gasteiger partial charge in [0, 0.05) is 41.5 Å². The monoisotopic (exact) mass is 457 g/mol. The van der Waals surface area contributed by atoms with E-state index in [4.69, 9.17) is 8.83 Å². The second-order valence-corrected chi connectivity index (χ2v) is 8.56. The van der Waals surface area contributed by atoms with Crippen LogP contribution in [0.2, 0.25) is 0 Å². The summed E-state index contributed by atoms with van der Waals surface area (Å²) in [6, 6.07) is 21.6. The number of aromatic nitrogens is 2. The largest absolute Gasteiger partial charge is 0.423 e. The first kappa shape index (κ1) is 21.3. The van der Waals surface area contributed by atoms with Crippen molar-refractivity contribution in [1.82, 2.24) is 10.2 Å². The van der Waals surface area contributed by atoms with Crippen molar-refractivity contribution in [2.24, 2.45) is 0 Å². The van der Waals surface area contributed by atoms with Gasteiger partial charge in [-0.3, -0.25) is 0 Å². The van der Waals surface area contributed by atoms with Gasteiger partial charge in [0.05, 0.1) is 0 Å². The Balaban J connectivity index is 1.40. The van der Waals surface area contributed by atoms with E-state index in [9.17, 15) is 4.79 Å². The molecule has 33 heavy (non-hydrogen) atoms. The predicted molar refractivity (Wildman–Crippen MR) is 133 cm³/mol. The first-order valence-corrected chi connectivity index (χ1v) is 11.9. The van der Waals surface area contributed by atoms with Crippen molar-refractivity contribution in [3.63, 3.8) is 0 Å². The molecule has 0 bridgehead atoms. The molecule has 0 unspecified atom stereocenters. The van der Waals surface area contributed by atoms with Crippen LogP contribution in [0.25, 0.3) is 33.2 Å². The van der Waals surface area contributed by atoms with Gasteiger partial charge in [-0.25, -0.2) is 4.79 Å². The van der Waals surface area contributed by atoms with E-state index in [0.717, 1.165) is 40.4 Å². The molecule has 0 aliphatic carbocycles. The highest BCUT2D eigenvalue weighted by Crippen LogP contribution is 2.32. The Hall–Kier alpha value is -3.58. The standard InChI is InChI=1S/C26H23N3O3S/c1-3-29(4-2)20-12-9-18(10-13-20)25-27-28-26(32-25)33-16-19-15-23(30)31-22-14-11-17-7-5-6-8-21(17)24(19)22/h5-15H,3-4,16H2,1-2H3. The van der Waals surface area contributed by atoms with Gasteiger partial charge in [0.25, 0.3) is 5.22 Å². The zero-order valence-electron chi connectivity index (χ0n) is 18.4. The molecular weight excluding hydrogens is 434 g/mol. The summed E-state index contributed by atoms with van der Waals surface area (Å²) in [5.41, 5.74) is 3.14. The fourth-order valence-electron chi connectivity index (χ4n) is 4.06. The van der Waals surface area contributed by atoms with Crippen LogP contribution in [-0.4, -0.2) is 23.3 Å². The summed E-state index contributed by atoms with van der Waals surface area (Å²) in [5.74, 6) is 0.991. The van der Waals surface area contributed by atoms with Crippen molar-refractivity contribution < 1.29 is 8.83 Å². The molecule has 0 saturated heterocycles. The summed E-state index contributed by atoms with van der Waals surface area (Å²) in [6.45, 7) is 6.20. The molecule has 3 aromatic carbocycles. The highest BCUT2D eigenvalue weighted by molar-refractivity contribution is 7.98. The molecule has 0 atom stereocenters. The van der Waals surface area contributed by atoms with Gasteiger partial charge in [0.1, 0.15) is 5.58 Å². The number of hydrogen-bond acceptors (Lipinski definition) is 7. The maximum atomic E-state index is 12.1. The van der Waals surface area contributed by atoms with Gasteiger partial charge in [0.2, 0.25) is 5.89 Å². The third-order valence-corrected chi connectivity index (χ3v) is 6.58. The molecule has 6 nitrogen and oxygen atoms in total. The lowest BCUT2D eigenvalue weighted by atomic mass is 10.0. The van der Waals surface area contributed by atoms with Gasteiger partial charge in [-0.1, -0.05) is 42.1 Å². The SMILES string of the molecule is CCN(CC)c1ccc(-c2nnc(SCc3cc(=O)oc4ccc5ccccc5c34)o2)cc1. The Morgan fingerprint density at radius 1 is 0.909 bits per heavy atom. The van der Waals surface area contributed by atoms with E-state index in [-0.39, 0.29) is 5.63 Å². The first-order valence-electron chi connectivity index (χ1n) is 10.9. The topological polar surface area (TPSA) is 72.4 Å². The number of anilines is 1. The molecule has 0 aliphatic rings. The lowest BCUT2D eigenvalue weighted by Gasteiger charge is -2.20. The Morgan fingerprint density at radius 2 is 1.70 bits per heavy atom. The van der Waals surface area contributed by atoms with E-state index in [1.165, 1.54) is 17.4 Å². The van der Waals surface area contributed by atoms with Gasteiger partial charge < -0.3 is 13.7 Å².